The van der Waals surface area contributed by atoms with E-state index in [1.54, 1.807) is 43.5 Å². The fraction of sp³-hybridized carbons (Fsp3) is 0.0714. The summed E-state index contributed by atoms with van der Waals surface area (Å²) in [5.74, 6) is 0.793. The van der Waals surface area contributed by atoms with E-state index >= 15 is 0 Å². The third kappa shape index (κ3) is 5.09. The number of methoxy groups -OCH3 is 1. The minimum Gasteiger partial charge on any atom is -0.493 e. The van der Waals surface area contributed by atoms with Crippen molar-refractivity contribution in [3.8, 4) is 11.5 Å². The van der Waals surface area contributed by atoms with Gasteiger partial charge in [0, 0.05) is 5.02 Å². The Labute approximate surface area is 231 Å². The van der Waals surface area contributed by atoms with E-state index in [2.05, 4.69) is 46.9 Å². The molecule has 4 aromatic rings. The third-order valence-corrected chi connectivity index (χ3v) is 7.55. The van der Waals surface area contributed by atoms with Gasteiger partial charge in [-0.1, -0.05) is 48.0 Å². The van der Waals surface area contributed by atoms with Crippen molar-refractivity contribution in [3.63, 3.8) is 0 Å². The van der Waals surface area contributed by atoms with Crippen LogP contribution < -0.4 is 14.4 Å². The van der Waals surface area contributed by atoms with E-state index in [0.29, 0.717) is 33.7 Å². The molecule has 2 amide bonds. The first kappa shape index (κ1) is 24.7. The van der Waals surface area contributed by atoms with Gasteiger partial charge >= 0.3 is 0 Å². The zero-order valence-electron chi connectivity index (χ0n) is 19.0. The van der Waals surface area contributed by atoms with E-state index in [9.17, 15) is 9.59 Å². The molecule has 0 unspecified atom stereocenters. The summed E-state index contributed by atoms with van der Waals surface area (Å²) in [6.07, 6.45) is 1.69. The number of imide groups is 1. The van der Waals surface area contributed by atoms with Gasteiger partial charge in [-0.15, -0.1) is 0 Å². The van der Waals surface area contributed by atoms with E-state index in [4.69, 9.17) is 21.1 Å². The molecular formula is C28H19ClINO4S. The van der Waals surface area contributed by atoms with Gasteiger partial charge in [-0.3, -0.25) is 9.59 Å². The molecule has 4 aromatic carbocycles. The summed E-state index contributed by atoms with van der Waals surface area (Å²) < 4.78 is 12.6. The van der Waals surface area contributed by atoms with Crippen LogP contribution in [0.5, 0.6) is 11.5 Å². The van der Waals surface area contributed by atoms with Crippen LogP contribution in [0.3, 0.4) is 0 Å². The monoisotopic (exact) mass is 627 g/mol. The number of amides is 2. The lowest BCUT2D eigenvalue weighted by molar-refractivity contribution is -0.113. The Balaban J connectivity index is 1.37. The number of carbonyl (C=O) groups excluding carboxylic acids is 2. The first-order chi connectivity index (χ1) is 17.4. The Kier molecular flexibility index (Phi) is 7.22. The molecule has 1 heterocycles. The van der Waals surface area contributed by atoms with Crippen LogP contribution in [0.25, 0.3) is 16.8 Å². The number of thioether (sulfide) groups is 1. The Morgan fingerprint density at radius 3 is 2.47 bits per heavy atom. The molecule has 0 aromatic heterocycles. The molecule has 0 bridgehead atoms. The number of rotatable bonds is 6. The second-order valence-electron chi connectivity index (χ2n) is 8.00. The van der Waals surface area contributed by atoms with Gasteiger partial charge in [0.15, 0.2) is 11.5 Å². The Morgan fingerprint density at radius 1 is 0.972 bits per heavy atom. The van der Waals surface area contributed by atoms with Crippen molar-refractivity contribution in [2.75, 3.05) is 12.0 Å². The molecule has 5 nitrogen and oxygen atoms in total. The highest BCUT2D eigenvalue weighted by Gasteiger charge is 2.36. The Morgan fingerprint density at radius 2 is 1.72 bits per heavy atom. The van der Waals surface area contributed by atoms with Gasteiger partial charge in [0.05, 0.1) is 21.3 Å². The normalized spacial score (nSPS) is 14.6. The van der Waals surface area contributed by atoms with Crippen molar-refractivity contribution in [1.82, 2.24) is 0 Å². The summed E-state index contributed by atoms with van der Waals surface area (Å²) in [5, 5.41) is 2.51. The van der Waals surface area contributed by atoms with Crippen LogP contribution in [0.4, 0.5) is 10.5 Å². The summed E-state index contributed by atoms with van der Waals surface area (Å²) >= 11 is 9.02. The quantitative estimate of drug-likeness (QED) is 0.161. The van der Waals surface area contributed by atoms with Gasteiger partial charge in [-0.25, -0.2) is 4.90 Å². The SMILES string of the molecule is COc1cc(/C=C2/SC(=O)N(c3ccc(Cl)cc3)C2=O)cc(I)c1OCc1ccc2ccccc2c1. The first-order valence-corrected chi connectivity index (χ1v) is 13.2. The van der Waals surface area contributed by atoms with Crippen molar-refractivity contribution >= 4 is 79.6 Å². The van der Waals surface area contributed by atoms with Gasteiger partial charge in [0.1, 0.15) is 6.61 Å². The van der Waals surface area contributed by atoms with E-state index in [1.807, 2.05) is 24.3 Å². The van der Waals surface area contributed by atoms with E-state index in [1.165, 1.54) is 5.39 Å². The molecular weight excluding hydrogens is 609 g/mol. The topological polar surface area (TPSA) is 55.8 Å². The Hall–Kier alpha value is -3.01. The van der Waals surface area contributed by atoms with E-state index in [-0.39, 0.29) is 11.1 Å². The van der Waals surface area contributed by atoms with E-state index in [0.717, 1.165) is 36.7 Å². The highest BCUT2D eigenvalue weighted by Crippen LogP contribution is 2.39. The second-order valence-corrected chi connectivity index (χ2v) is 10.6. The van der Waals surface area contributed by atoms with Crippen molar-refractivity contribution in [3.05, 3.63) is 103 Å². The molecule has 36 heavy (non-hydrogen) atoms. The first-order valence-electron chi connectivity index (χ1n) is 10.9. The minimum atomic E-state index is -0.377. The maximum atomic E-state index is 13.0. The summed E-state index contributed by atoms with van der Waals surface area (Å²) in [4.78, 5) is 27.0. The van der Waals surface area contributed by atoms with Crippen molar-refractivity contribution in [1.29, 1.82) is 0 Å². The van der Waals surface area contributed by atoms with Crippen molar-refractivity contribution < 1.29 is 19.1 Å². The predicted molar refractivity (Wildman–Crippen MR) is 154 cm³/mol. The lowest BCUT2D eigenvalue weighted by atomic mass is 10.1. The number of nitrogens with zero attached hydrogens (tertiary/aromatic N) is 1. The van der Waals surface area contributed by atoms with E-state index < -0.39 is 0 Å². The number of fused-ring (bicyclic) bond motifs is 1. The summed E-state index contributed by atoms with van der Waals surface area (Å²) in [6, 6.07) is 24.7. The van der Waals surface area contributed by atoms with Crippen molar-refractivity contribution in [2.45, 2.75) is 6.61 Å². The van der Waals surface area contributed by atoms with Crippen LogP contribution in [0.15, 0.2) is 83.8 Å². The summed E-state index contributed by atoms with van der Waals surface area (Å²) in [5.41, 5.74) is 2.26. The predicted octanol–water partition coefficient (Wildman–Crippen LogP) is 7.93. The van der Waals surface area contributed by atoms with Crippen LogP contribution in [-0.4, -0.2) is 18.3 Å². The molecule has 0 atom stereocenters. The van der Waals surface area contributed by atoms with Crippen molar-refractivity contribution in [2.24, 2.45) is 0 Å². The number of hydrogen-bond donors (Lipinski definition) is 0. The average molecular weight is 628 g/mol. The molecule has 0 aliphatic carbocycles. The number of anilines is 1. The molecule has 0 N–H and O–H groups in total. The fourth-order valence-electron chi connectivity index (χ4n) is 3.88. The molecule has 1 aliphatic rings. The van der Waals surface area contributed by atoms with Gasteiger partial charge in [-0.2, -0.15) is 0 Å². The summed E-state index contributed by atoms with van der Waals surface area (Å²) in [7, 11) is 1.58. The second kappa shape index (κ2) is 10.5. The van der Waals surface area contributed by atoms with Crippen LogP contribution in [-0.2, 0) is 11.4 Å². The largest absolute Gasteiger partial charge is 0.493 e. The third-order valence-electron chi connectivity index (χ3n) is 5.63. The number of carbonyl (C=O) groups is 2. The van der Waals surface area contributed by atoms with Crippen LogP contribution in [0.2, 0.25) is 5.02 Å². The smallest absolute Gasteiger partial charge is 0.298 e. The maximum absolute atomic E-state index is 13.0. The zero-order valence-corrected chi connectivity index (χ0v) is 22.8. The zero-order chi connectivity index (χ0) is 25.2. The molecule has 5 rings (SSSR count). The summed E-state index contributed by atoms with van der Waals surface area (Å²) in [6.45, 7) is 0.385. The highest BCUT2D eigenvalue weighted by atomic mass is 127. The number of benzene rings is 4. The van der Waals surface area contributed by atoms with Gasteiger partial charge in [0.2, 0.25) is 0 Å². The van der Waals surface area contributed by atoms with Crippen LogP contribution >= 0.6 is 46.0 Å². The molecule has 1 saturated heterocycles. The highest BCUT2D eigenvalue weighted by molar-refractivity contribution is 14.1. The lowest BCUT2D eigenvalue weighted by Gasteiger charge is -2.14. The lowest BCUT2D eigenvalue weighted by Crippen LogP contribution is -2.27. The molecule has 0 saturated carbocycles. The average Bonchev–Trinajstić information content (AvgIpc) is 3.15. The number of hydrogen-bond acceptors (Lipinski definition) is 5. The standard InChI is InChI=1S/C28H19ClINO4S/c1-34-24-14-18(15-25-27(32)31(28(33)36-25)22-10-8-21(29)9-11-22)13-23(30)26(24)35-16-17-6-7-19-4-2-3-5-20(19)12-17/h2-15H,16H2,1H3/b25-15+. The number of ether oxygens (including phenoxy) is 2. The molecule has 1 aliphatic heterocycles. The van der Waals surface area contributed by atoms with Crippen LogP contribution in [0.1, 0.15) is 11.1 Å². The fourth-order valence-corrected chi connectivity index (χ4v) is 5.63. The molecule has 0 spiro atoms. The minimum absolute atomic E-state index is 0.331. The maximum Gasteiger partial charge on any atom is 0.298 e. The Bertz CT molecular complexity index is 1520. The van der Waals surface area contributed by atoms with Gasteiger partial charge in [0.25, 0.3) is 11.1 Å². The molecule has 180 valence electrons. The number of halogens is 2. The molecule has 0 radical (unpaired) electrons. The molecule has 1 fully saturated rings. The van der Waals surface area contributed by atoms with Gasteiger partial charge < -0.3 is 9.47 Å². The van der Waals surface area contributed by atoms with Gasteiger partial charge in [-0.05, 0) is 105 Å². The molecule has 8 heteroatoms. The van der Waals surface area contributed by atoms with Crippen LogP contribution in [0, 0.1) is 3.57 Å².